The third kappa shape index (κ3) is 5.53. The summed E-state index contributed by atoms with van der Waals surface area (Å²) in [7, 11) is 0. The van der Waals surface area contributed by atoms with E-state index in [9.17, 15) is 18.8 Å². The maximum atomic E-state index is 13.9. The minimum Gasteiger partial charge on any atom is -0.337 e. The summed E-state index contributed by atoms with van der Waals surface area (Å²) in [5.74, 6) is 0.298. The Morgan fingerprint density at radius 2 is 1.91 bits per heavy atom. The van der Waals surface area contributed by atoms with Gasteiger partial charge in [-0.05, 0) is 103 Å². The van der Waals surface area contributed by atoms with E-state index in [1.807, 2.05) is 17.6 Å². The second kappa shape index (κ2) is 11.5. The predicted molar refractivity (Wildman–Crippen MR) is 170 cm³/mol. The molecule has 1 saturated heterocycles. The van der Waals surface area contributed by atoms with Crippen molar-refractivity contribution < 1.29 is 18.8 Å². The maximum Gasteiger partial charge on any atom is 0.248 e. The van der Waals surface area contributed by atoms with Crippen molar-refractivity contribution in [3.05, 3.63) is 72.0 Å². The molecule has 3 aliphatic rings. The summed E-state index contributed by atoms with van der Waals surface area (Å²) < 4.78 is 15.6. The number of piperidine rings is 1. The number of ketones is 1. The van der Waals surface area contributed by atoms with Crippen molar-refractivity contribution in [2.24, 2.45) is 22.7 Å². The molecule has 3 heterocycles. The molecule has 1 aromatic carbocycles. The van der Waals surface area contributed by atoms with Crippen LogP contribution in [-0.2, 0) is 16.1 Å². The van der Waals surface area contributed by atoms with Crippen molar-refractivity contribution in [2.75, 3.05) is 6.54 Å². The molecule has 3 fully saturated rings. The zero-order valence-corrected chi connectivity index (χ0v) is 26.7. The maximum absolute atomic E-state index is 13.9. The largest absolute Gasteiger partial charge is 0.337 e. The number of carbonyl (C=O) groups excluding carboxylic acids is 3. The molecule has 228 valence electrons. The van der Waals surface area contributed by atoms with Gasteiger partial charge in [-0.25, -0.2) is 19.4 Å². The van der Waals surface area contributed by atoms with Gasteiger partial charge in [0.1, 0.15) is 28.9 Å². The molecule has 2 aliphatic carbocycles. The molecule has 1 N–H and O–H groups in total. The number of nitrogens with one attached hydrogen (secondary N) is 1. The van der Waals surface area contributed by atoms with E-state index in [4.69, 9.17) is 0 Å². The number of hydrogen-bond donors (Lipinski definition) is 1. The topological polar surface area (TPSA) is 110 Å². The standard InChI is InChI=1S/C33H34BrFN6O3/c1-6-27(35)32(34)38-19(5)39-33(44)31-29-16(2)25(29)14-41(31)28(43)15-40-13-26(17(3)42)24-10-21(22-11-36-18(4)37-12-22)9-23(30(24)40)20-7-8-20/h6,9-13,16,20,25,29,31H,5,7-8,14-15H2,1-4H3,(H,39,44)/b27-6+,38-32?/t16?,25?,29?,31-/m0/s1. The number of aliphatic imine (C=N–C) groups is 1. The molecule has 2 saturated carbocycles. The molecule has 44 heavy (non-hydrogen) atoms. The van der Waals surface area contributed by atoms with Crippen molar-refractivity contribution in [3.63, 3.8) is 0 Å². The first-order valence-electron chi connectivity index (χ1n) is 14.8. The summed E-state index contributed by atoms with van der Waals surface area (Å²) in [6.45, 7) is 11.2. The number of rotatable bonds is 9. The molecule has 0 bridgehead atoms. The van der Waals surface area contributed by atoms with Gasteiger partial charge in [0.2, 0.25) is 11.8 Å². The number of hydrogen-bond acceptors (Lipinski definition) is 6. The van der Waals surface area contributed by atoms with Crippen LogP contribution >= 0.6 is 15.9 Å². The number of aryl methyl sites for hydroxylation is 1. The molecule has 4 atom stereocenters. The highest BCUT2D eigenvalue weighted by Crippen LogP contribution is 2.55. The zero-order chi connectivity index (χ0) is 31.4. The Labute approximate surface area is 263 Å². The number of fused-ring (bicyclic) bond motifs is 2. The number of halogens is 2. The van der Waals surface area contributed by atoms with E-state index >= 15 is 0 Å². The van der Waals surface area contributed by atoms with E-state index in [1.165, 1.54) is 19.9 Å². The van der Waals surface area contributed by atoms with Gasteiger partial charge >= 0.3 is 0 Å². The molecular weight excluding hydrogens is 627 g/mol. The number of Topliss-reactive ketones (excluding diaryl/α,β-unsaturated/α-hetero) is 1. The average molecular weight is 662 g/mol. The van der Waals surface area contributed by atoms with Crippen molar-refractivity contribution in [1.82, 2.24) is 24.8 Å². The van der Waals surface area contributed by atoms with Gasteiger partial charge in [0.05, 0.1) is 5.52 Å². The van der Waals surface area contributed by atoms with Gasteiger partial charge in [0, 0.05) is 41.6 Å². The van der Waals surface area contributed by atoms with Gasteiger partial charge in [-0.2, -0.15) is 0 Å². The number of allylic oxidation sites excluding steroid dienone is 2. The molecule has 0 radical (unpaired) electrons. The van der Waals surface area contributed by atoms with Crippen molar-refractivity contribution >= 4 is 49.1 Å². The monoisotopic (exact) mass is 660 g/mol. The van der Waals surface area contributed by atoms with Crippen LogP contribution in [0, 0.1) is 24.7 Å². The highest BCUT2D eigenvalue weighted by Gasteiger charge is 2.62. The van der Waals surface area contributed by atoms with Crippen LogP contribution in [-0.4, -0.2) is 54.2 Å². The highest BCUT2D eigenvalue weighted by atomic mass is 79.9. The molecule has 3 unspecified atom stereocenters. The van der Waals surface area contributed by atoms with Gasteiger partial charge in [-0.15, -0.1) is 0 Å². The van der Waals surface area contributed by atoms with Gasteiger partial charge in [-0.3, -0.25) is 14.4 Å². The normalized spacial score (nSPS) is 23.1. The lowest BCUT2D eigenvalue weighted by atomic mass is 9.97. The first kappa shape index (κ1) is 30.1. The minimum atomic E-state index is -0.690. The Bertz CT molecular complexity index is 1770. The van der Waals surface area contributed by atoms with Crippen LogP contribution in [0.1, 0.15) is 61.3 Å². The SMILES string of the molecule is C=C(N=C(Br)/C(F)=C\C)NC(=O)[C@@H]1C2C(C)C2CN1C(=O)Cn1cc(C(C)=O)c2cc(-c3cnc(C)nc3)cc(C3CC3)c21. The molecule has 2 amide bonds. The van der Waals surface area contributed by atoms with Crippen LogP contribution in [0.2, 0.25) is 0 Å². The van der Waals surface area contributed by atoms with Crippen LogP contribution in [0.25, 0.3) is 22.0 Å². The van der Waals surface area contributed by atoms with Gasteiger partial charge < -0.3 is 14.8 Å². The van der Waals surface area contributed by atoms with Crippen molar-refractivity contribution in [1.29, 1.82) is 0 Å². The first-order chi connectivity index (χ1) is 21.0. The lowest BCUT2D eigenvalue weighted by Crippen LogP contribution is -2.49. The molecule has 0 spiro atoms. The van der Waals surface area contributed by atoms with E-state index in [-0.39, 0.29) is 40.5 Å². The Morgan fingerprint density at radius 3 is 2.55 bits per heavy atom. The second-order valence-corrected chi connectivity index (χ2v) is 12.8. The Morgan fingerprint density at radius 1 is 1.20 bits per heavy atom. The molecule has 9 nitrogen and oxygen atoms in total. The number of benzene rings is 1. The minimum absolute atomic E-state index is 0.00869. The van der Waals surface area contributed by atoms with Crippen LogP contribution in [0.3, 0.4) is 0 Å². The molecule has 3 aromatic rings. The summed E-state index contributed by atoms with van der Waals surface area (Å²) in [5.41, 5.74) is 4.31. The smallest absolute Gasteiger partial charge is 0.248 e. The van der Waals surface area contributed by atoms with Gasteiger partial charge in [0.15, 0.2) is 11.6 Å². The molecule has 2 aromatic heterocycles. The Balaban J connectivity index is 1.31. The van der Waals surface area contributed by atoms with Crippen LogP contribution in [0.4, 0.5) is 4.39 Å². The lowest BCUT2D eigenvalue weighted by Gasteiger charge is -2.28. The van der Waals surface area contributed by atoms with E-state index in [0.29, 0.717) is 29.8 Å². The number of amides is 2. The number of likely N-dealkylation sites (tertiary alicyclic amines) is 1. The summed E-state index contributed by atoms with van der Waals surface area (Å²) >= 11 is 3.05. The lowest BCUT2D eigenvalue weighted by molar-refractivity contribution is -0.140. The van der Waals surface area contributed by atoms with E-state index in [1.54, 1.807) is 23.5 Å². The predicted octanol–water partition coefficient (Wildman–Crippen LogP) is 5.83. The van der Waals surface area contributed by atoms with E-state index in [2.05, 4.69) is 55.8 Å². The number of nitrogens with zero attached hydrogens (tertiary/aromatic N) is 5. The third-order valence-electron chi connectivity index (χ3n) is 9.10. The highest BCUT2D eigenvalue weighted by molar-refractivity contribution is 9.18. The molecule has 11 heteroatoms. The van der Waals surface area contributed by atoms with Crippen LogP contribution < -0.4 is 5.32 Å². The number of aromatic nitrogens is 3. The quantitative estimate of drug-likeness (QED) is 0.229. The summed E-state index contributed by atoms with van der Waals surface area (Å²) in [6.07, 6.45) is 8.65. The summed E-state index contributed by atoms with van der Waals surface area (Å²) in [5, 5.41) is 3.46. The Hall–Kier alpha value is -3.99. The van der Waals surface area contributed by atoms with Crippen LogP contribution in [0.15, 0.2) is 60.0 Å². The van der Waals surface area contributed by atoms with Gasteiger partial charge in [-0.1, -0.05) is 13.5 Å². The fourth-order valence-corrected chi connectivity index (χ4v) is 7.02. The van der Waals surface area contributed by atoms with E-state index in [0.717, 1.165) is 40.4 Å². The first-order valence-corrected chi connectivity index (χ1v) is 15.6. The van der Waals surface area contributed by atoms with Gasteiger partial charge in [0.25, 0.3) is 0 Å². The van der Waals surface area contributed by atoms with Crippen LogP contribution in [0.5, 0.6) is 0 Å². The average Bonchev–Trinajstić information content (AvgIpc) is 3.85. The fraction of sp³-hybridized carbons (Fsp3) is 0.394. The second-order valence-electron chi connectivity index (χ2n) is 12.0. The van der Waals surface area contributed by atoms with E-state index < -0.39 is 17.8 Å². The molecule has 6 rings (SSSR count). The summed E-state index contributed by atoms with van der Waals surface area (Å²) in [6, 6.07) is 3.42. The zero-order valence-electron chi connectivity index (χ0n) is 25.1. The van der Waals surface area contributed by atoms with Crippen molar-refractivity contribution in [2.45, 2.75) is 59.0 Å². The molecule has 1 aliphatic heterocycles. The molecular formula is C33H34BrFN6O3. The number of carbonyl (C=O) groups is 3. The fourth-order valence-electron chi connectivity index (χ4n) is 6.57. The summed E-state index contributed by atoms with van der Waals surface area (Å²) in [4.78, 5) is 54.6. The Kier molecular flexibility index (Phi) is 7.85. The van der Waals surface area contributed by atoms with Crippen molar-refractivity contribution in [3.8, 4) is 11.1 Å². The third-order valence-corrected chi connectivity index (χ3v) is 9.66.